The van der Waals surface area contributed by atoms with Gasteiger partial charge in [0.25, 0.3) is 0 Å². The smallest absolute Gasteiger partial charge is 0.146 e. The number of rotatable bonds is 2. The summed E-state index contributed by atoms with van der Waals surface area (Å²) in [6.45, 7) is 2.27. The molecule has 0 aromatic heterocycles. The van der Waals surface area contributed by atoms with E-state index < -0.39 is 10.0 Å². The van der Waals surface area contributed by atoms with Crippen LogP contribution in [0.5, 0.6) is 0 Å². The molecule has 0 saturated carbocycles. The zero-order valence-corrected chi connectivity index (χ0v) is 5.01. The van der Waals surface area contributed by atoms with Crippen molar-refractivity contribution in [1.29, 1.82) is 0 Å². The van der Waals surface area contributed by atoms with Crippen LogP contribution in [0.3, 0.4) is 0 Å². The molecule has 2 nitrogen and oxygen atoms in total. The van der Waals surface area contributed by atoms with Crippen molar-refractivity contribution in [2.45, 2.75) is 6.92 Å². The van der Waals surface area contributed by atoms with Crippen molar-refractivity contribution in [3.63, 3.8) is 0 Å². The number of hydrogen-bond acceptors (Lipinski definition) is 2. The molecule has 0 rings (SSSR count). The third kappa shape index (κ3) is 4.49. The van der Waals surface area contributed by atoms with Gasteiger partial charge in [-0.15, -0.1) is 0 Å². The summed E-state index contributed by atoms with van der Waals surface area (Å²) in [4.78, 5) is 0. The van der Waals surface area contributed by atoms with Gasteiger partial charge in [-0.05, 0) is 6.92 Å². The van der Waals surface area contributed by atoms with Gasteiger partial charge >= 0.3 is 0 Å². The maximum Gasteiger partial charge on any atom is 0.146 e. The van der Waals surface area contributed by atoms with Crippen LogP contribution in [0.4, 0.5) is 0 Å². The second kappa shape index (κ2) is 3.67. The van der Waals surface area contributed by atoms with Crippen molar-refractivity contribution in [3.8, 4) is 0 Å². The van der Waals surface area contributed by atoms with E-state index in [1.165, 1.54) is 0 Å². The van der Waals surface area contributed by atoms with E-state index in [9.17, 15) is 0 Å². The van der Waals surface area contributed by atoms with Crippen molar-refractivity contribution in [1.82, 2.24) is 0 Å². The van der Waals surface area contributed by atoms with Crippen molar-refractivity contribution in [2.75, 3.05) is 6.61 Å². The Hall–Kier alpha value is 0.490. The molecule has 1 unspecified atom stereocenters. The molecule has 0 amide bonds. The minimum absolute atomic E-state index is 0.489. The van der Waals surface area contributed by atoms with Gasteiger partial charge < -0.3 is 4.55 Å². The lowest BCUT2D eigenvalue weighted by Gasteiger charge is -1.88. The summed E-state index contributed by atoms with van der Waals surface area (Å²) in [6.07, 6.45) is 0. The Morgan fingerprint density at radius 2 is 2.50 bits per heavy atom. The van der Waals surface area contributed by atoms with Gasteiger partial charge in [0.2, 0.25) is 0 Å². The molecule has 0 bridgehead atoms. The van der Waals surface area contributed by atoms with Gasteiger partial charge in [-0.3, -0.25) is 4.18 Å². The highest BCUT2D eigenvalue weighted by molar-refractivity contribution is 8.23. The highest BCUT2D eigenvalue weighted by Gasteiger charge is 1.76. The van der Waals surface area contributed by atoms with Gasteiger partial charge in [-0.25, -0.2) is 0 Å². The van der Waals surface area contributed by atoms with Crippen LogP contribution < -0.4 is 0 Å². The zero-order chi connectivity index (χ0) is 4.99. The fourth-order valence-electron chi connectivity index (χ4n) is 0.101. The van der Waals surface area contributed by atoms with Crippen molar-refractivity contribution in [3.05, 3.63) is 0 Å². The fraction of sp³-hybridized carbons (Fsp3) is 1.00. The lowest BCUT2D eigenvalue weighted by atomic mass is 10.9. The molecular formula is C2H6O2S2. The summed E-state index contributed by atoms with van der Waals surface area (Å²) in [5.74, 6) is 0. The predicted molar refractivity (Wildman–Crippen MR) is 29.0 cm³/mol. The molecule has 6 heavy (non-hydrogen) atoms. The topological polar surface area (TPSA) is 29.5 Å². The maximum atomic E-state index is 8.17. The van der Waals surface area contributed by atoms with Gasteiger partial charge in [-0.2, -0.15) is 0 Å². The molecule has 0 aliphatic rings. The SMILES string of the molecule is CCOS(O)=S. The lowest BCUT2D eigenvalue weighted by Crippen LogP contribution is -1.89. The van der Waals surface area contributed by atoms with Gasteiger partial charge in [-0.1, -0.05) is 0 Å². The Morgan fingerprint density at radius 3 is 2.50 bits per heavy atom. The van der Waals surface area contributed by atoms with Crippen molar-refractivity contribution < 1.29 is 8.74 Å². The van der Waals surface area contributed by atoms with Crippen LogP contribution in [0.2, 0.25) is 0 Å². The summed E-state index contributed by atoms with van der Waals surface area (Å²) in [7, 11) is -1.23. The first-order valence-electron chi connectivity index (χ1n) is 1.51. The zero-order valence-electron chi connectivity index (χ0n) is 3.38. The van der Waals surface area contributed by atoms with E-state index in [1.54, 1.807) is 6.92 Å². The molecule has 0 radical (unpaired) electrons. The fourth-order valence-corrected chi connectivity index (χ4v) is 0.591. The van der Waals surface area contributed by atoms with Crippen LogP contribution in [0, 0.1) is 0 Å². The summed E-state index contributed by atoms with van der Waals surface area (Å²) in [5.41, 5.74) is 0. The molecule has 4 heteroatoms. The molecule has 0 aromatic carbocycles. The Kier molecular flexibility index (Phi) is 3.97. The Bertz CT molecular complexity index is 53.5. The van der Waals surface area contributed by atoms with E-state index in [0.29, 0.717) is 6.61 Å². The second-order valence-electron chi connectivity index (χ2n) is 0.624. The molecule has 1 atom stereocenters. The highest BCUT2D eigenvalue weighted by Crippen LogP contribution is 1.74. The Balaban J connectivity index is 2.83. The summed E-state index contributed by atoms with van der Waals surface area (Å²) in [6, 6.07) is 0. The largest absolute Gasteiger partial charge is 0.306 e. The van der Waals surface area contributed by atoms with E-state index in [4.69, 9.17) is 4.55 Å². The first-order valence-corrected chi connectivity index (χ1v) is 3.54. The van der Waals surface area contributed by atoms with E-state index in [0.717, 1.165) is 0 Å². The summed E-state index contributed by atoms with van der Waals surface area (Å²) < 4.78 is 12.6. The molecule has 0 saturated heterocycles. The van der Waals surface area contributed by atoms with Crippen LogP contribution in [0.1, 0.15) is 6.92 Å². The van der Waals surface area contributed by atoms with Crippen LogP contribution in [-0.4, -0.2) is 11.2 Å². The molecule has 0 heterocycles. The van der Waals surface area contributed by atoms with E-state index in [1.807, 2.05) is 0 Å². The van der Waals surface area contributed by atoms with Crippen LogP contribution >= 0.6 is 0 Å². The van der Waals surface area contributed by atoms with E-state index in [2.05, 4.69) is 15.4 Å². The van der Waals surface area contributed by atoms with Gasteiger partial charge in [0.1, 0.15) is 10.0 Å². The van der Waals surface area contributed by atoms with Crippen LogP contribution in [-0.2, 0) is 25.4 Å². The molecule has 0 aliphatic carbocycles. The van der Waals surface area contributed by atoms with Gasteiger partial charge in [0.15, 0.2) is 0 Å². The molecule has 0 spiro atoms. The predicted octanol–water partition coefficient (Wildman–Crippen LogP) is 0.491. The summed E-state index contributed by atoms with van der Waals surface area (Å²) >= 11 is 4.24. The van der Waals surface area contributed by atoms with Gasteiger partial charge in [0, 0.05) is 11.2 Å². The third-order valence-corrected chi connectivity index (χ3v) is 0.945. The molecule has 0 aliphatic heterocycles. The minimum Gasteiger partial charge on any atom is -0.306 e. The van der Waals surface area contributed by atoms with Crippen LogP contribution in [0.25, 0.3) is 0 Å². The first kappa shape index (κ1) is 6.49. The van der Waals surface area contributed by atoms with Gasteiger partial charge in [0.05, 0.1) is 6.61 Å². The summed E-state index contributed by atoms with van der Waals surface area (Å²) in [5, 5.41) is 0. The first-order chi connectivity index (χ1) is 2.77. The molecule has 0 fully saturated rings. The molecule has 0 aromatic rings. The quantitative estimate of drug-likeness (QED) is 0.584. The molecule has 1 N–H and O–H groups in total. The van der Waals surface area contributed by atoms with E-state index >= 15 is 0 Å². The number of hydrogen-bond donors (Lipinski definition) is 1. The Labute approximate surface area is 44.1 Å². The monoisotopic (exact) mass is 126 g/mol. The molecular weight excluding hydrogens is 120 g/mol. The van der Waals surface area contributed by atoms with Crippen molar-refractivity contribution in [2.24, 2.45) is 0 Å². The maximum absolute atomic E-state index is 8.17. The van der Waals surface area contributed by atoms with Crippen LogP contribution in [0.15, 0.2) is 0 Å². The average molecular weight is 126 g/mol. The highest BCUT2D eigenvalue weighted by atomic mass is 32.8. The standard InChI is InChI=1S/C2H6O2S2/c1-2-4-6(3)5/h2H2,1H3,(H,3,5). The van der Waals surface area contributed by atoms with Crippen molar-refractivity contribution >= 4 is 21.2 Å². The normalized spacial score (nSPS) is 14.3. The third-order valence-electron chi connectivity index (χ3n) is 0.219. The van der Waals surface area contributed by atoms with E-state index in [-0.39, 0.29) is 0 Å². The average Bonchev–Trinajstić information content (AvgIpc) is 1.35. The Morgan fingerprint density at radius 1 is 2.00 bits per heavy atom. The second-order valence-corrected chi connectivity index (χ2v) is 2.15. The minimum atomic E-state index is -1.23. The lowest BCUT2D eigenvalue weighted by molar-refractivity contribution is 0.359. The molecule has 38 valence electrons.